The molecular formula is C13H22ClN3O. The van der Waals surface area contributed by atoms with Crippen LogP contribution in [0, 0.1) is 5.92 Å². The second kappa shape index (κ2) is 6.04. The molecule has 1 unspecified atom stereocenters. The number of ether oxygens (including phenoxy) is 1. The molecule has 0 amide bonds. The highest BCUT2D eigenvalue weighted by Crippen LogP contribution is 2.30. The monoisotopic (exact) mass is 271 g/mol. The van der Waals surface area contributed by atoms with Gasteiger partial charge in [0, 0.05) is 43.9 Å². The van der Waals surface area contributed by atoms with E-state index in [4.69, 9.17) is 4.74 Å². The molecular weight excluding hydrogens is 250 g/mol. The first-order valence-electron chi connectivity index (χ1n) is 6.71. The lowest BCUT2D eigenvalue weighted by molar-refractivity contribution is 0.107. The summed E-state index contributed by atoms with van der Waals surface area (Å²) in [4.78, 5) is 0. The Morgan fingerprint density at radius 1 is 1.44 bits per heavy atom. The molecule has 5 heteroatoms. The minimum atomic E-state index is 0. The molecule has 102 valence electrons. The Kier molecular flexibility index (Phi) is 4.65. The van der Waals surface area contributed by atoms with Crippen molar-refractivity contribution in [3.63, 3.8) is 0 Å². The van der Waals surface area contributed by atoms with Crippen molar-refractivity contribution in [3.05, 3.63) is 17.5 Å². The number of halogens is 1. The van der Waals surface area contributed by atoms with Crippen LogP contribution in [0.5, 0.6) is 0 Å². The van der Waals surface area contributed by atoms with Crippen molar-refractivity contribution >= 4 is 12.4 Å². The van der Waals surface area contributed by atoms with E-state index >= 15 is 0 Å². The van der Waals surface area contributed by atoms with E-state index in [9.17, 15) is 0 Å². The molecule has 1 fully saturated rings. The second-order valence-electron chi connectivity index (χ2n) is 5.20. The third kappa shape index (κ3) is 3.05. The maximum atomic E-state index is 5.81. The van der Waals surface area contributed by atoms with Gasteiger partial charge in [0.2, 0.25) is 0 Å². The van der Waals surface area contributed by atoms with Gasteiger partial charge in [-0.2, -0.15) is 5.10 Å². The molecule has 1 atom stereocenters. The molecule has 2 heterocycles. The Hall–Kier alpha value is -0.580. The Balaban J connectivity index is 0.00000120. The Morgan fingerprint density at radius 3 is 3.00 bits per heavy atom. The van der Waals surface area contributed by atoms with Gasteiger partial charge in [0.15, 0.2) is 0 Å². The Labute approximate surface area is 114 Å². The normalized spacial score (nSPS) is 22.4. The topological polar surface area (TPSA) is 39.1 Å². The molecule has 3 rings (SSSR count). The van der Waals surface area contributed by atoms with Gasteiger partial charge in [-0.15, -0.1) is 12.4 Å². The van der Waals surface area contributed by atoms with E-state index in [2.05, 4.69) is 23.5 Å². The SMILES string of the molecule is CCn1cc2c(n1)C(COCC1CC1)CNC2.Cl. The average Bonchev–Trinajstić information content (AvgIpc) is 3.06. The number of rotatable bonds is 5. The number of hydrogen-bond acceptors (Lipinski definition) is 3. The fraction of sp³-hybridized carbons (Fsp3) is 0.769. The number of fused-ring (bicyclic) bond motifs is 1. The third-order valence-corrected chi connectivity index (χ3v) is 3.66. The van der Waals surface area contributed by atoms with Crippen LogP contribution in [0.2, 0.25) is 0 Å². The van der Waals surface area contributed by atoms with Crippen LogP contribution in [-0.4, -0.2) is 29.5 Å². The van der Waals surface area contributed by atoms with E-state index in [0.29, 0.717) is 5.92 Å². The molecule has 18 heavy (non-hydrogen) atoms. The average molecular weight is 272 g/mol. The summed E-state index contributed by atoms with van der Waals surface area (Å²) in [6.07, 6.45) is 4.88. The molecule has 1 aromatic heterocycles. The van der Waals surface area contributed by atoms with Gasteiger partial charge in [0.1, 0.15) is 0 Å². The van der Waals surface area contributed by atoms with Crippen LogP contribution in [0.3, 0.4) is 0 Å². The minimum Gasteiger partial charge on any atom is -0.380 e. The number of nitrogens with one attached hydrogen (secondary N) is 1. The van der Waals surface area contributed by atoms with Gasteiger partial charge in [0.05, 0.1) is 12.3 Å². The van der Waals surface area contributed by atoms with Crippen molar-refractivity contribution in [1.82, 2.24) is 15.1 Å². The molecule has 0 radical (unpaired) electrons. The largest absolute Gasteiger partial charge is 0.380 e. The van der Waals surface area contributed by atoms with E-state index in [0.717, 1.165) is 38.8 Å². The van der Waals surface area contributed by atoms with Crippen LogP contribution < -0.4 is 5.32 Å². The van der Waals surface area contributed by atoms with Gasteiger partial charge < -0.3 is 10.1 Å². The van der Waals surface area contributed by atoms with E-state index in [-0.39, 0.29) is 12.4 Å². The van der Waals surface area contributed by atoms with Crippen LogP contribution in [0.25, 0.3) is 0 Å². The number of aryl methyl sites for hydroxylation is 1. The molecule has 1 saturated carbocycles. The predicted molar refractivity (Wildman–Crippen MR) is 73.1 cm³/mol. The van der Waals surface area contributed by atoms with Crippen molar-refractivity contribution in [2.75, 3.05) is 19.8 Å². The lowest BCUT2D eigenvalue weighted by Crippen LogP contribution is -2.30. The minimum absolute atomic E-state index is 0. The zero-order valence-corrected chi connectivity index (χ0v) is 11.7. The van der Waals surface area contributed by atoms with Gasteiger partial charge in [-0.05, 0) is 25.7 Å². The molecule has 1 aliphatic carbocycles. The first-order valence-corrected chi connectivity index (χ1v) is 6.71. The van der Waals surface area contributed by atoms with Crippen LogP contribution in [0.4, 0.5) is 0 Å². The summed E-state index contributed by atoms with van der Waals surface area (Å²) in [7, 11) is 0. The summed E-state index contributed by atoms with van der Waals surface area (Å²) in [5, 5.41) is 8.11. The molecule has 2 aliphatic rings. The van der Waals surface area contributed by atoms with Crippen LogP contribution in [0.15, 0.2) is 6.20 Å². The maximum Gasteiger partial charge on any atom is 0.0736 e. The smallest absolute Gasteiger partial charge is 0.0736 e. The summed E-state index contributed by atoms with van der Waals surface area (Å²) >= 11 is 0. The highest BCUT2D eigenvalue weighted by atomic mass is 35.5. The van der Waals surface area contributed by atoms with Crippen molar-refractivity contribution in [1.29, 1.82) is 0 Å². The molecule has 0 aromatic carbocycles. The molecule has 1 N–H and O–H groups in total. The molecule has 1 aliphatic heterocycles. The van der Waals surface area contributed by atoms with Crippen LogP contribution >= 0.6 is 12.4 Å². The standard InChI is InChI=1S/C13H21N3O.ClH/c1-2-16-7-11-5-14-6-12(13(11)15-16)9-17-8-10-3-4-10;/h7,10,12,14H,2-6,8-9H2,1H3;1H. The lowest BCUT2D eigenvalue weighted by Gasteiger charge is -2.21. The van der Waals surface area contributed by atoms with Gasteiger partial charge >= 0.3 is 0 Å². The Bertz CT molecular complexity index is 390. The molecule has 0 saturated heterocycles. The predicted octanol–water partition coefficient (Wildman–Crippen LogP) is 1.94. The van der Waals surface area contributed by atoms with Crippen LogP contribution in [-0.2, 0) is 17.8 Å². The summed E-state index contributed by atoms with van der Waals surface area (Å²) < 4.78 is 7.84. The lowest BCUT2D eigenvalue weighted by atomic mass is 9.99. The van der Waals surface area contributed by atoms with E-state index in [1.165, 1.54) is 24.1 Å². The van der Waals surface area contributed by atoms with Gasteiger partial charge in [0.25, 0.3) is 0 Å². The molecule has 0 spiro atoms. The summed E-state index contributed by atoms with van der Waals surface area (Å²) in [6.45, 7) is 6.79. The summed E-state index contributed by atoms with van der Waals surface area (Å²) in [5.74, 6) is 1.28. The van der Waals surface area contributed by atoms with Gasteiger partial charge in [-0.25, -0.2) is 0 Å². The maximum absolute atomic E-state index is 5.81. The molecule has 0 bridgehead atoms. The second-order valence-corrected chi connectivity index (χ2v) is 5.20. The van der Waals surface area contributed by atoms with Gasteiger partial charge in [-0.1, -0.05) is 0 Å². The zero-order valence-electron chi connectivity index (χ0n) is 10.9. The number of nitrogens with zero attached hydrogens (tertiary/aromatic N) is 2. The summed E-state index contributed by atoms with van der Waals surface area (Å²) in [6, 6.07) is 0. The highest BCUT2D eigenvalue weighted by Gasteiger charge is 2.26. The molecule has 4 nitrogen and oxygen atoms in total. The fourth-order valence-corrected chi connectivity index (χ4v) is 2.40. The van der Waals surface area contributed by atoms with Crippen molar-refractivity contribution < 1.29 is 4.74 Å². The van der Waals surface area contributed by atoms with Crippen molar-refractivity contribution in [2.24, 2.45) is 5.92 Å². The van der Waals surface area contributed by atoms with E-state index in [1.54, 1.807) is 0 Å². The number of aromatic nitrogens is 2. The number of hydrogen-bond donors (Lipinski definition) is 1. The van der Waals surface area contributed by atoms with E-state index in [1.807, 2.05) is 4.68 Å². The summed E-state index contributed by atoms with van der Waals surface area (Å²) in [5.41, 5.74) is 2.60. The van der Waals surface area contributed by atoms with Crippen LogP contribution in [0.1, 0.15) is 36.9 Å². The molecule has 1 aromatic rings. The van der Waals surface area contributed by atoms with Gasteiger partial charge in [-0.3, -0.25) is 4.68 Å². The Morgan fingerprint density at radius 2 is 2.28 bits per heavy atom. The highest BCUT2D eigenvalue weighted by molar-refractivity contribution is 5.85. The fourth-order valence-electron chi connectivity index (χ4n) is 2.40. The third-order valence-electron chi connectivity index (χ3n) is 3.66. The van der Waals surface area contributed by atoms with E-state index < -0.39 is 0 Å². The van der Waals surface area contributed by atoms with Crippen molar-refractivity contribution in [2.45, 2.75) is 38.8 Å². The zero-order chi connectivity index (χ0) is 11.7. The first-order chi connectivity index (χ1) is 8.36. The first kappa shape index (κ1) is 13.8. The van der Waals surface area contributed by atoms with Crippen molar-refractivity contribution in [3.8, 4) is 0 Å². The quantitative estimate of drug-likeness (QED) is 0.890.